The lowest BCUT2D eigenvalue weighted by atomic mass is 9.49. The maximum absolute atomic E-state index is 6.08. The average molecular weight is 395 g/mol. The summed E-state index contributed by atoms with van der Waals surface area (Å²) in [5, 5.41) is 0.838. The Kier molecular flexibility index (Phi) is 5.38. The van der Waals surface area contributed by atoms with E-state index >= 15 is 0 Å². The molecule has 0 nitrogen and oxygen atoms in total. The van der Waals surface area contributed by atoms with E-state index in [1.807, 2.05) is 12.1 Å². The van der Waals surface area contributed by atoms with E-state index in [1.165, 1.54) is 56.1 Å². The van der Waals surface area contributed by atoms with E-state index in [4.69, 9.17) is 11.6 Å². The van der Waals surface area contributed by atoms with E-state index in [2.05, 4.69) is 58.0 Å². The second kappa shape index (κ2) is 7.52. The minimum atomic E-state index is 0.343. The third-order valence-corrected chi connectivity index (χ3v) is 8.32. The standard InChI is InChI=1S/C27H35Cl/c1-19(2)21-8-12-24-22(18-21)9-13-25-26(3,15-5-16-27(24,25)4)17-14-20-6-10-23(28)11-7-20/h6-8,10-12,18-19,25H,5,9,13-17H2,1-4H3/t25-,26-,27+/m0/s1. The molecule has 150 valence electrons. The van der Waals surface area contributed by atoms with Crippen LogP contribution in [0.15, 0.2) is 42.5 Å². The van der Waals surface area contributed by atoms with Crippen molar-refractivity contribution < 1.29 is 0 Å². The van der Waals surface area contributed by atoms with Crippen molar-refractivity contribution in [3.8, 4) is 0 Å². The monoisotopic (exact) mass is 394 g/mol. The first kappa shape index (κ1) is 20.0. The molecule has 28 heavy (non-hydrogen) atoms. The van der Waals surface area contributed by atoms with Crippen molar-refractivity contribution in [1.82, 2.24) is 0 Å². The fourth-order valence-electron chi connectivity index (χ4n) is 6.38. The molecule has 0 amide bonds. The molecule has 0 spiro atoms. The molecule has 2 aliphatic carbocycles. The molecule has 0 unspecified atom stereocenters. The van der Waals surface area contributed by atoms with Gasteiger partial charge in [0.05, 0.1) is 0 Å². The van der Waals surface area contributed by atoms with Crippen LogP contribution in [0.25, 0.3) is 0 Å². The molecule has 0 radical (unpaired) electrons. The van der Waals surface area contributed by atoms with Crippen LogP contribution >= 0.6 is 11.6 Å². The molecule has 2 aromatic carbocycles. The highest BCUT2D eigenvalue weighted by atomic mass is 35.5. The van der Waals surface area contributed by atoms with Crippen molar-refractivity contribution >= 4 is 11.6 Å². The Morgan fingerprint density at radius 3 is 2.50 bits per heavy atom. The van der Waals surface area contributed by atoms with Crippen LogP contribution in [0.5, 0.6) is 0 Å². The molecule has 0 aromatic heterocycles. The molecule has 0 heterocycles. The molecule has 2 aromatic rings. The Labute approximate surface area is 176 Å². The lowest BCUT2D eigenvalue weighted by Crippen LogP contribution is -2.49. The predicted molar refractivity (Wildman–Crippen MR) is 121 cm³/mol. The third kappa shape index (κ3) is 3.54. The molecular formula is C27H35Cl. The normalized spacial score (nSPS) is 29.4. The van der Waals surface area contributed by atoms with E-state index in [0.717, 1.165) is 10.9 Å². The van der Waals surface area contributed by atoms with Gasteiger partial charge in [0.25, 0.3) is 0 Å². The Bertz CT molecular complexity index is 834. The summed E-state index contributed by atoms with van der Waals surface area (Å²) < 4.78 is 0. The first-order valence-electron chi connectivity index (χ1n) is 11.2. The Balaban J connectivity index is 1.60. The van der Waals surface area contributed by atoms with Gasteiger partial charge in [0, 0.05) is 5.02 Å². The van der Waals surface area contributed by atoms with Crippen LogP contribution < -0.4 is 0 Å². The molecule has 0 aliphatic heterocycles. The quantitative estimate of drug-likeness (QED) is 0.491. The zero-order valence-electron chi connectivity index (χ0n) is 18.0. The van der Waals surface area contributed by atoms with Gasteiger partial charge >= 0.3 is 0 Å². The molecule has 3 atom stereocenters. The van der Waals surface area contributed by atoms with Gasteiger partial charge < -0.3 is 0 Å². The largest absolute Gasteiger partial charge is 0.0843 e. The number of aryl methyl sites for hydroxylation is 2. The maximum Gasteiger partial charge on any atom is 0.0406 e. The highest BCUT2D eigenvalue weighted by Crippen LogP contribution is 2.58. The van der Waals surface area contributed by atoms with E-state index in [1.54, 1.807) is 11.1 Å². The minimum Gasteiger partial charge on any atom is -0.0843 e. The van der Waals surface area contributed by atoms with E-state index in [9.17, 15) is 0 Å². The first-order chi connectivity index (χ1) is 13.3. The Morgan fingerprint density at radius 1 is 1.04 bits per heavy atom. The zero-order valence-corrected chi connectivity index (χ0v) is 18.8. The lowest BCUT2D eigenvalue weighted by molar-refractivity contribution is 0.0190. The van der Waals surface area contributed by atoms with E-state index in [-0.39, 0.29) is 0 Å². The van der Waals surface area contributed by atoms with Gasteiger partial charge in [-0.25, -0.2) is 0 Å². The SMILES string of the molecule is CC(C)c1ccc2c(c1)CC[C@H]1[C@](C)(CCc3ccc(Cl)cc3)CCC[C@]21C. The fourth-order valence-corrected chi connectivity index (χ4v) is 6.51. The number of fused-ring (bicyclic) bond motifs is 3. The smallest absolute Gasteiger partial charge is 0.0406 e. The number of halogens is 1. The van der Waals surface area contributed by atoms with Gasteiger partial charge in [0.2, 0.25) is 0 Å². The molecule has 1 heteroatoms. The number of hydrogen-bond donors (Lipinski definition) is 0. The zero-order chi connectivity index (χ0) is 19.9. The van der Waals surface area contributed by atoms with Gasteiger partial charge in [-0.2, -0.15) is 0 Å². The second-order valence-electron chi connectivity index (χ2n) is 10.2. The van der Waals surface area contributed by atoms with Gasteiger partial charge in [0.15, 0.2) is 0 Å². The van der Waals surface area contributed by atoms with Crippen LogP contribution in [0.2, 0.25) is 5.02 Å². The van der Waals surface area contributed by atoms with E-state index < -0.39 is 0 Å². The van der Waals surface area contributed by atoms with Gasteiger partial charge in [-0.05, 0) is 95.6 Å². The van der Waals surface area contributed by atoms with Crippen LogP contribution in [0, 0.1) is 11.3 Å². The topological polar surface area (TPSA) is 0 Å². The number of benzene rings is 2. The van der Waals surface area contributed by atoms with Gasteiger partial charge in [-0.1, -0.05) is 76.0 Å². The Morgan fingerprint density at radius 2 is 1.79 bits per heavy atom. The summed E-state index contributed by atoms with van der Waals surface area (Å²) in [7, 11) is 0. The molecule has 1 fully saturated rings. The maximum atomic E-state index is 6.08. The summed E-state index contributed by atoms with van der Waals surface area (Å²) in [5.74, 6) is 1.41. The Hall–Kier alpha value is -1.27. The van der Waals surface area contributed by atoms with Gasteiger partial charge in [-0.15, -0.1) is 0 Å². The number of rotatable bonds is 4. The summed E-state index contributed by atoms with van der Waals surface area (Å²) in [4.78, 5) is 0. The molecular weight excluding hydrogens is 360 g/mol. The molecule has 4 rings (SSSR count). The van der Waals surface area contributed by atoms with Crippen molar-refractivity contribution in [2.24, 2.45) is 11.3 Å². The molecule has 0 N–H and O–H groups in total. The highest BCUT2D eigenvalue weighted by Gasteiger charge is 2.51. The van der Waals surface area contributed by atoms with Crippen LogP contribution in [-0.4, -0.2) is 0 Å². The molecule has 0 saturated heterocycles. The van der Waals surface area contributed by atoms with Crippen LogP contribution in [-0.2, 0) is 18.3 Å². The predicted octanol–water partition coefficient (Wildman–Crippen LogP) is 8.11. The molecule has 2 aliphatic rings. The third-order valence-electron chi connectivity index (χ3n) is 8.07. The summed E-state index contributed by atoms with van der Waals surface area (Å²) in [6, 6.07) is 15.9. The van der Waals surface area contributed by atoms with Crippen molar-refractivity contribution in [3.05, 3.63) is 69.7 Å². The second-order valence-corrected chi connectivity index (χ2v) is 10.7. The molecule has 0 bridgehead atoms. The highest BCUT2D eigenvalue weighted by molar-refractivity contribution is 6.30. The van der Waals surface area contributed by atoms with Crippen LogP contribution in [0.3, 0.4) is 0 Å². The van der Waals surface area contributed by atoms with Gasteiger partial charge in [-0.3, -0.25) is 0 Å². The van der Waals surface area contributed by atoms with E-state index in [0.29, 0.717) is 16.7 Å². The van der Waals surface area contributed by atoms with Gasteiger partial charge in [0.1, 0.15) is 0 Å². The molecule has 1 saturated carbocycles. The average Bonchev–Trinajstić information content (AvgIpc) is 2.67. The summed E-state index contributed by atoms with van der Waals surface area (Å²) >= 11 is 6.08. The van der Waals surface area contributed by atoms with Crippen molar-refractivity contribution in [1.29, 1.82) is 0 Å². The van der Waals surface area contributed by atoms with Crippen molar-refractivity contribution in [2.45, 2.75) is 84.0 Å². The summed E-state index contributed by atoms with van der Waals surface area (Å²) in [6.45, 7) is 9.77. The van der Waals surface area contributed by atoms with Crippen LogP contribution in [0.4, 0.5) is 0 Å². The fraction of sp³-hybridized carbons (Fsp3) is 0.556. The van der Waals surface area contributed by atoms with Crippen molar-refractivity contribution in [2.75, 3.05) is 0 Å². The lowest BCUT2D eigenvalue weighted by Gasteiger charge is -2.56. The minimum absolute atomic E-state index is 0.343. The van der Waals surface area contributed by atoms with Crippen molar-refractivity contribution in [3.63, 3.8) is 0 Å². The number of hydrogen-bond acceptors (Lipinski definition) is 0. The van der Waals surface area contributed by atoms with Crippen LogP contribution in [0.1, 0.15) is 88.0 Å². The summed E-state index contributed by atoms with van der Waals surface area (Å²) in [5.41, 5.74) is 6.99. The summed E-state index contributed by atoms with van der Waals surface area (Å²) in [6.07, 6.45) is 9.14. The first-order valence-corrected chi connectivity index (χ1v) is 11.6.